The van der Waals surface area contributed by atoms with Crippen LogP contribution in [0.4, 0.5) is 35.9 Å². The lowest BCUT2D eigenvalue weighted by molar-refractivity contribution is -0.275. The van der Waals surface area contributed by atoms with Crippen molar-refractivity contribution >= 4 is 54.3 Å². The molecule has 10 nitrogen and oxygen atoms in total. The number of piperazine rings is 1. The smallest absolute Gasteiger partial charge is 0.403 e. The van der Waals surface area contributed by atoms with Crippen molar-refractivity contribution in [1.29, 1.82) is 0 Å². The number of alkyl halides is 6. The number of ether oxygens (including phenoxy) is 1. The fourth-order valence-corrected chi connectivity index (χ4v) is 7.80. The summed E-state index contributed by atoms with van der Waals surface area (Å²) < 4.78 is 124. The number of hydrogen-bond acceptors (Lipinski definition) is 9. The van der Waals surface area contributed by atoms with Gasteiger partial charge < -0.3 is 15.0 Å². The monoisotopic (exact) mass is 738 g/mol. The van der Waals surface area contributed by atoms with Crippen LogP contribution in [0.25, 0.3) is 10.3 Å². The van der Waals surface area contributed by atoms with E-state index in [2.05, 4.69) is 25.0 Å². The molecule has 0 spiro atoms. The highest BCUT2D eigenvalue weighted by molar-refractivity contribution is 7.89. The van der Waals surface area contributed by atoms with Crippen LogP contribution >= 0.6 is 22.9 Å². The van der Waals surface area contributed by atoms with E-state index in [0.29, 0.717) is 39.5 Å². The van der Waals surface area contributed by atoms with Gasteiger partial charge in [0.05, 0.1) is 10.5 Å². The molecular weight excluding hydrogens is 717 g/mol. The topological polar surface area (TPSA) is 118 Å². The molecular formula is C28H22ClF7N6O4S2. The van der Waals surface area contributed by atoms with Crippen LogP contribution < -0.4 is 15.0 Å². The number of fused-ring (bicyclic) bond motifs is 1. The maximum Gasteiger partial charge on any atom is 0.573 e. The maximum atomic E-state index is 14.3. The lowest BCUT2D eigenvalue weighted by Gasteiger charge is -2.39. The minimum absolute atomic E-state index is 0.0237. The predicted molar refractivity (Wildman–Crippen MR) is 158 cm³/mol. The molecule has 0 radical (unpaired) electrons. The SMILES string of the molecule is O=C(NCc1ccc(OC(F)(F)F)c(F)c1)[C@H]1CN(c2nc3nc(C4CC4)nc(Cl)c3s2)CCN1S(=O)(=O)c1ccc(C(F)(F)F)cc1. The number of thiazole rings is 1. The van der Waals surface area contributed by atoms with Crippen LogP contribution in [0.5, 0.6) is 5.75 Å². The Morgan fingerprint density at radius 2 is 1.73 bits per heavy atom. The number of nitrogens with one attached hydrogen (secondary N) is 1. The zero-order valence-corrected chi connectivity index (χ0v) is 26.5. The molecule has 6 rings (SSSR count). The van der Waals surface area contributed by atoms with Crippen molar-refractivity contribution < 1.29 is 48.7 Å². The van der Waals surface area contributed by atoms with Gasteiger partial charge in [-0.1, -0.05) is 29.0 Å². The van der Waals surface area contributed by atoms with E-state index in [9.17, 15) is 43.9 Å². The number of carbonyl (C=O) groups is 1. The third kappa shape index (κ3) is 7.28. The van der Waals surface area contributed by atoms with E-state index >= 15 is 0 Å². The molecule has 1 aliphatic carbocycles. The van der Waals surface area contributed by atoms with E-state index in [4.69, 9.17) is 11.6 Å². The predicted octanol–water partition coefficient (Wildman–Crippen LogP) is 5.87. The Balaban J connectivity index is 1.27. The average molecular weight is 739 g/mol. The maximum absolute atomic E-state index is 14.3. The molecule has 256 valence electrons. The Labute approximate surface area is 276 Å². The van der Waals surface area contributed by atoms with Crippen LogP contribution in [-0.2, 0) is 27.5 Å². The van der Waals surface area contributed by atoms with E-state index in [0.717, 1.165) is 52.7 Å². The first kappa shape index (κ1) is 34.1. The van der Waals surface area contributed by atoms with Gasteiger partial charge in [-0.3, -0.25) is 4.79 Å². The molecule has 1 atom stereocenters. The number of sulfonamides is 1. The van der Waals surface area contributed by atoms with Crippen LogP contribution in [0.2, 0.25) is 5.15 Å². The number of benzene rings is 2. The quantitative estimate of drug-likeness (QED) is 0.176. The van der Waals surface area contributed by atoms with Crippen LogP contribution in [-0.4, -0.2) is 65.6 Å². The van der Waals surface area contributed by atoms with E-state index in [-0.39, 0.29) is 36.3 Å². The second-order valence-corrected chi connectivity index (χ2v) is 14.2. The van der Waals surface area contributed by atoms with E-state index in [1.54, 1.807) is 4.90 Å². The minimum atomic E-state index is -5.13. The molecule has 3 heterocycles. The second kappa shape index (κ2) is 12.6. The molecule has 2 fully saturated rings. The Morgan fingerprint density at radius 3 is 2.35 bits per heavy atom. The van der Waals surface area contributed by atoms with Crippen LogP contribution in [0.15, 0.2) is 47.4 Å². The third-order valence-electron chi connectivity index (χ3n) is 7.54. The highest BCUT2D eigenvalue weighted by Gasteiger charge is 2.42. The molecule has 2 aromatic carbocycles. The first-order valence-electron chi connectivity index (χ1n) is 14.1. The van der Waals surface area contributed by atoms with E-state index < -0.39 is 63.1 Å². The van der Waals surface area contributed by atoms with Crippen molar-refractivity contribution in [3.63, 3.8) is 0 Å². The Bertz CT molecular complexity index is 1970. The molecule has 1 N–H and O–H groups in total. The highest BCUT2D eigenvalue weighted by Crippen LogP contribution is 2.41. The summed E-state index contributed by atoms with van der Waals surface area (Å²) >= 11 is 7.52. The van der Waals surface area contributed by atoms with Gasteiger partial charge in [-0.05, 0) is 54.8 Å². The van der Waals surface area contributed by atoms with Gasteiger partial charge in [-0.15, -0.1) is 13.2 Å². The summed E-state index contributed by atoms with van der Waals surface area (Å²) in [5.41, 5.74) is -0.703. The fourth-order valence-electron chi connectivity index (χ4n) is 5.02. The van der Waals surface area contributed by atoms with Crippen LogP contribution in [0.3, 0.4) is 0 Å². The number of nitrogens with zero attached hydrogens (tertiary/aromatic N) is 5. The lowest BCUT2D eigenvalue weighted by Crippen LogP contribution is -2.60. The molecule has 1 saturated heterocycles. The van der Waals surface area contributed by atoms with Crippen molar-refractivity contribution in [2.24, 2.45) is 0 Å². The van der Waals surface area contributed by atoms with Gasteiger partial charge in [0.25, 0.3) is 0 Å². The van der Waals surface area contributed by atoms with Gasteiger partial charge in [0.2, 0.25) is 15.9 Å². The lowest BCUT2D eigenvalue weighted by atomic mass is 10.1. The summed E-state index contributed by atoms with van der Waals surface area (Å²) in [5, 5.41) is 3.03. The van der Waals surface area contributed by atoms with Gasteiger partial charge >= 0.3 is 12.5 Å². The molecule has 0 bridgehead atoms. The number of hydrogen-bond donors (Lipinski definition) is 1. The summed E-state index contributed by atoms with van der Waals surface area (Å²) in [6.07, 6.45) is -8.00. The minimum Gasteiger partial charge on any atom is -0.403 e. The van der Waals surface area contributed by atoms with Gasteiger partial charge in [-0.2, -0.15) is 22.5 Å². The standard InChI is InChI=1S/C28H22ClF7N6O4S2/c29-22-21-24(39-23(38-22)15-2-3-15)40-26(47-21)41-9-10-42(48(44,45)17-6-4-16(5-7-17)27(31,32)33)19(13-41)25(43)37-12-14-1-8-20(18(30)11-14)46-28(34,35)36/h1,4-8,11,15,19H,2-3,9-10,12-13H2,(H,37,43)/t19-/m1/s1. The van der Waals surface area contributed by atoms with Crippen LogP contribution in [0.1, 0.15) is 35.7 Å². The molecule has 2 aliphatic rings. The number of anilines is 1. The number of amides is 1. The Hall–Kier alpha value is -3.81. The molecule has 2 aromatic heterocycles. The normalized spacial score (nSPS) is 17.9. The first-order valence-corrected chi connectivity index (χ1v) is 16.7. The van der Waals surface area contributed by atoms with Crippen molar-refractivity contribution in [2.45, 2.75) is 48.8 Å². The van der Waals surface area contributed by atoms with Gasteiger partial charge in [0, 0.05) is 32.1 Å². The molecule has 4 aromatic rings. The first-order chi connectivity index (χ1) is 22.5. The summed E-state index contributed by atoms with van der Waals surface area (Å²) in [7, 11) is -4.54. The van der Waals surface area contributed by atoms with Gasteiger partial charge in [-0.25, -0.2) is 22.8 Å². The second-order valence-electron chi connectivity index (χ2n) is 10.9. The number of halogens is 8. The Kier molecular flexibility index (Phi) is 8.92. The Morgan fingerprint density at radius 1 is 1.02 bits per heavy atom. The molecule has 0 unspecified atom stereocenters. The molecule has 48 heavy (non-hydrogen) atoms. The number of aromatic nitrogens is 3. The molecule has 20 heteroatoms. The highest BCUT2D eigenvalue weighted by atomic mass is 35.5. The summed E-state index contributed by atoms with van der Waals surface area (Å²) in [4.78, 5) is 28.1. The van der Waals surface area contributed by atoms with Gasteiger partial charge in [0.15, 0.2) is 27.5 Å². The third-order valence-corrected chi connectivity index (χ3v) is 11.0. The summed E-state index contributed by atoms with van der Waals surface area (Å²) in [5.74, 6) is -2.56. The van der Waals surface area contributed by atoms with E-state index in [1.165, 1.54) is 0 Å². The molecule has 1 aliphatic heterocycles. The number of rotatable bonds is 8. The van der Waals surface area contributed by atoms with Gasteiger partial charge in [0.1, 0.15) is 16.6 Å². The largest absolute Gasteiger partial charge is 0.573 e. The molecule has 1 saturated carbocycles. The zero-order valence-electron chi connectivity index (χ0n) is 24.1. The zero-order chi connectivity index (χ0) is 34.6. The van der Waals surface area contributed by atoms with Crippen molar-refractivity contribution in [3.8, 4) is 5.75 Å². The number of carbonyl (C=O) groups excluding carboxylic acids is 1. The van der Waals surface area contributed by atoms with Crippen molar-refractivity contribution in [1.82, 2.24) is 24.6 Å². The summed E-state index contributed by atoms with van der Waals surface area (Å²) in [6.45, 7) is -0.945. The van der Waals surface area contributed by atoms with Crippen molar-refractivity contribution in [2.75, 3.05) is 24.5 Å². The summed E-state index contributed by atoms with van der Waals surface area (Å²) in [6, 6.07) is 3.85. The average Bonchev–Trinajstić information content (AvgIpc) is 3.78. The van der Waals surface area contributed by atoms with Crippen molar-refractivity contribution in [3.05, 3.63) is 70.4 Å². The van der Waals surface area contributed by atoms with E-state index in [1.807, 2.05) is 0 Å². The van der Waals surface area contributed by atoms with Crippen LogP contribution in [0, 0.1) is 5.82 Å². The fraction of sp³-hybridized carbons (Fsp3) is 0.357. The molecule has 1 amide bonds.